The second-order valence-electron chi connectivity index (χ2n) is 3.45. The van der Waals surface area contributed by atoms with Crippen LogP contribution in [-0.2, 0) is 11.2 Å². The number of carbonyl (C=O) groups is 1. The molecule has 1 unspecified atom stereocenters. The van der Waals surface area contributed by atoms with Gasteiger partial charge in [-0.3, -0.25) is 4.79 Å². The standard InChI is InChI=1S/C10H12N2O2/c13-6-9-1-3-11-10(12-9)5-8-2-4-14-7-8/h1,3,6,8H,2,4-5,7H2. The van der Waals surface area contributed by atoms with E-state index in [0.29, 0.717) is 11.6 Å². The van der Waals surface area contributed by atoms with Gasteiger partial charge in [0.25, 0.3) is 0 Å². The zero-order valence-electron chi connectivity index (χ0n) is 7.85. The molecule has 4 nitrogen and oxygen atoms in total. The molecule has 1 aliphatic heterocycles. The van der Waals surface area contributed by atoms with Gasteiger partial charge in [-0.2, -0.15) is 0 Å². The normalized spacial score (nSPS) is 21.0. The molecule has 0 bridgehead atoms. The molecule has 1 atom stereocenters. The van der Waals surface area contributed by atoms with Gasteiger partial charge in [-0.05, 0) is 18.4 Å². The summed E-state index contributed by atoms with van der Waals surface area (Å²) in [5, 5.41) is 0. The van der Waals surface area contributed by atoms with E-state index in [2.05, 4.69) is 9.97 Å². The van der Waals surface area contributed by atoms with Crippen LogP contribution in [0.2, 0.25) is 0 Å². The quantitative estimate of drug-likeness (QED) is 0.667. The van der Waals surface area contributed by atoms with Gasteiger partial charge in [-0.15, -0.1) is 0 Å². The van der Waals surface area contributed by atoms with Crippen molar-refractivity contribution in [2.24, 2.45) is 5.92 Å². The Morgan fingerprint density at radius 1 is 1.64 bits per heavy atom. The first-order chi connectivity index (χ1) is 6.88. The molecule has 14 heavy (non-hydrogen) atoms. The first-order valence-electron chi connectivity index (χ1n) is 4.73. The van der Waals surface area contributed by atoms with Crippen molar-refractivity contribution in [1.29, 1.82) is 0 Å². The lowest BCUT2D eigenvalue weighted by molar-refractivity contribution is 0.111. The highest BCUT2D eigenvalue weighted by Crippen LogP contribution is 2.15. The molecule has 1 aromatic rings. The van der Waals surface area contributed by atoms with Crippen LogP contribution in [0.15, 0.2) is 12.3 Å². The molecular weight excluding hydrogens is 180 g/mol. The fourth-order valence-electron chi connectivity index (χ4n) is 1.58. The van der Waals surface area contributed by atoms with Crippen LogP contribution >= 0.6 is 0 Å². The maximum atomic E-state index is 10.5. The van der Waals surface area contributed by atoms with E-state index in [1.807, 2.05) is 0 Å². The van der Waals surface area contributed by atoms with Crippen molar-refractivity contribution < 1.29 is 9.53 Å². The van der Waals surface area contributed by atoms with Crippen LogP contribution in [0, 0.1) is 5.92 Å². The molecule has 2 rings (SSSR count). The first-order valence-corrected chi connectivity index (χ1v) is 4.73. The van der Waals surface area contributed by atoms with E-state index in [1.165, 1.54) is 0 Å². The zero-order chi connectivity index (χ0) is 9.80. The number of hydrogen-bond acceptors (Lipinski definition) is 4. The molecule has 0 amide bonds. The van der Waals surface area contributed by atoms with Gasteiger partial charge in [-0.25, -0.2) is 9.97 Å². The van der Waals surface area contributed by atoms with Crippen LogP contribution in [-0.4, -0.2) is 29.5 Å². The van der Waals surface area contributed by atoms with Crippen LogP contribution < -0.4 is 0 Å². The van der Waals surface area contributed by atoms with E-state index in [1.54, 1.807) is 12.3 Å². The lowest BCUT2D eigenvalue weighted by Crippen LogP contribution is -2.07. The van der Waals surface area contributed by atoms with Crippen LogP contribution in [0.4, 0.5) is 0 Å². The smallest absolute Gasteiger partial charge is 0.168 e. The lowest BCUT2D eigenvalue weighted by Gasteiger charge is -2.05. The summed E-state index contributed by atoms with van der Waals surface area (Å²) in [5.74, 6) is 1.25. The average molecular weight is 192 g/mol. The maximum absolute atomic E-state index is 10.5. The summed E-state index contributed by atoms with van der Waals surface area (Å²) >= 11 is 0. The van der Waals surface area contributed by atoms with E-state index in [0.717, 1.165) is 38.2 Å². The minimum atomic E-state index is 0.453. The number of rotatable bonds is 3. The molecule has 1 fully saturated rings. The summed E-state index contributed by atoms with van der Waals surface area (Å²) in [7, 11) is 0. The molecule has 1 saturated heterocycles. The zero-order valence-corrected chi connectivity index (χ0v) is 7.85. The van der Waals surface area contributed by atoms with Gasteiger partial charge in [-0.1, -0.05) is 0 Å². The molecule has 0 spiro atoms. The van der Waals surface area contributed by atoms with Crippen LogP contribution in [0.1, 0.15) is 22.7 Å². The Balaban J connectivity index is 2.04. The van der Waals surface area contributed by atoms with Crippen molar-refractivity contribution >= 4 is 6.29 Å². The third-order valence-electron chi connectivity index (χ3n) is 2.34. The number of aldehydes is 1. The lowest BCUT2D eigenvalue weighted by atomic mass is 10.1. The molecule has 0 radical (unpaired) electrons. The van der Waals surface area contributed by atoms with Crippen molar-refractivity contribution in [2.45, 2.75) is 12.8 Å². The van der Waals surface area contributed by atoms with Gasteiger partial charge < -0.3 is 4.74 Å². The van der Waals surface area contributed by atoms with Gasteiger partial charge in [0.05, 0.1) is 0 Å². The third-order valence-corrected chi connectivity index (χ3v) is 2.34. The van der Waals surface area contributed by atoms with Crippen LogP contribution in [0.25, 0.3) is 0 Å². The summed E-state index contributed by atoms with van der Waals surface area (Å²) in [4.78, 5) is 18.7. The molecule has 0 aliphatic carbocycles. The minimum Gasteiger partial charge on any atom is -0.381 e. The summed E-state index contributed by atoms with van der Waals surface area (Å²) < 4.78 is 5.26. The fourth-order valence-corrected chi connectivity index (χ4v) is 1.58. The van der Waals surface area contributed by atoms with Gasteiger partial charge in [0, 0.05) is 25.8 Å². The second kappa shape index (κ2) is 4.28. The van der Waals surface area contributed by atoms with E-state index < -0.39 is 0 Å². The fraction of sp³-hybridized carbons (Fsp3) is 0.500. The van der Waals surface area contributed by atoms with E-state index in [-0.39, 0.29) is 0 Å². The highest BCUT2D eigenvalue weighted by Gasteiger charge is 2.17. The van der Waals surface area contributed by atoms with Crippen LogP contribution in [0.3, 0.4) is 0 Å². The molecule has 0 aromatic carbocycles. The van der Waals surface area contributed by atoms with E-state index in [9.17, 15) is 4.79 Å². The molecule has 1 aromatic heterocycles. The number of hydrogen-bond donors (Lipinski definition) is 0. The van der Waals surface area contributed by atoms with E-state index in [4.69, 9.17) is 4.74 Å². The highest BCUT2D eigenvalue weighted by molar-refractivity contribution is 5.71. The van der Waals surface area contributed by atoms with E-state index >= 15 is 0 Å². The predicted octanol–water partition coefficient (Wildman–Crippen LogP) is 0.868. The van der Waals surface area contributed by atoms with Gasteiger partial charge >= 0.3 is 0 Å². The molecule has 0 N–H and O–H groups in total. The van der Waals surface area contributed by atoms with Crippen molar-refractivity contribution in [2.75, 3.05) is 13.2 Å². The maximum Gasteiger partial charge on any atom is 0.168 e. The molecule has 1 aliphatic rings. The van der Waals surface area contributed by atoms with Crippen molar-refractivity contribution in [3.8, 4) is 0 Å². The molecule has 2 heterocycles. The largest absolute Gasteiger partial charge is 0.381 e. The minimum absolute atomic E-state index is 0.453. The third kappa shape index (κ3) is 2.14. The van der Waals surface area contributed by atoms with Gasteiger partial charge in [0.15, 0.2) is 6.29 Å². The van der Waals surface area contributed by atoms with Gasteiger partial charge in [0.1, 0.15) is 11.5 Å². The topological polar surface area (TPSA) is 52.1 Å². The monoisotopic (exact) mass is 192 g/mol. The Bertz CT molecular complexity index is 322. The number of aromatic nitrogens is 2. The number of ether oxygens (including phenoxy) is 1. The Labute approximate surface area is 82.3 Å². The Kier molecular flexibility index (Phi) is 2.84. The molecule has 0 saturated carbocycles. The summed E-state index contributed by atoms with van der Waals surface area (Å²) in [5.41, 5.74) is 0.453. The summed E-state index contributed by atoms with van der Waals surface area (Å²) in [6.45, 7) is 1.62. The molecule has 74 valence electrons. The SMILES string of the molecule is O=Cc1ccnc(CC2CCOC2)n1. The average Bonchev–Trinajstić information content (AvgIpc) is 2.71. The highest BCUT2D eigenvalue weighted by atomic mass is 16.5. The van der Waals surface area contributed by atoms with Crippen molar-refractivity contribution in [3.63, 3.8) is 0 Å². The first kappa shape index (κ1) is 9.27. The van der Waals surface area contributed by atoms with Crippen LogP contribution in [0.5, 0.6) is 0 Å². The number of nitrogens with zero attached hydrogens (tertiary/aromatic N) is 2. The Hall–Kier alpha value is -1.29. The number of carbonyl (C=O) groups excluding carboxylic acids is 1. The Morgan fingerprint density at radius 3 is 3.29 bits per heavy atom. The molecule has 4 heteroatoms. The molecular formula is C10H12N2O2. The van der Waals surface area contributed by atoms with Crippen molar-refractivity contribution in [3.05, 3.63) is 23.8 Å². The van der Waals surface area contributed by atoms with Crippen molar-refractivity contribution in [1.82, 2.24) is 9.97 Å². The summed E-state index contributed by atoms with van der Waals surface area (Å²) in [6, 6.07) is 1.61. The Morgan fingerprint density at radius 2 is 2.57 bits per heavy atom. The van der Waals surface area contributed by atoms with Gasteiger partial charge in [0.2, 0.25) is 0 Å². The second-order valence-corrected chi connectivity index (χ2v) is 3.45. The summed E-state index contributed by atoms with van der Waals surface area (Å²) in [6.07, 6.45) is 4.24. The predicted molar refractivity (Wildman–Crippen MR) is 50.0 cm³/mol.